The van der Waals surface area contributed by atoms with E-state index in [-0.39, 0.29) is 16.8 Å². The smallest absolute Gasteiger partial charge is 0.289 e. The second-order valence-corrected chi connectivity index (χ2v) is 7.69. The Balaban J connectivity index is 1.35. The monoisotopic (exact) mass is 330 g/mol. The van der Waals surface area contributed by atoms with E-state index in [0.29, 0.717) is 11.6 Å². The van der Waals surface area contributed by atoms with E-state index in [1.165, 1.54) is 0 Å². The van der Waals surface area contributed by atoms with E-state index in [0.717, 1.165) is 30.8 Å². The Labute approximate surface area is 139 Å². The predicted octanol–water partition coefficient (Wildman–Crippen LogP) is 2.76. The van der Waals surface area contributed by atoms with Gasteiger partial charge in [-0.25, -0.2) is 4.98 Å². The van der Waals surface area contributed by atoms with E-state index < -0.39 is 0 Å². The Morgan fingerprint density at radius 3 is 3.00 bits per heavy atom. The van der Waals surface area contributed by atoms with Gasteiger partial charge in [-0.1, -0.05) is 6.07 Å². The number of furan rings is 1. The average Bonchev–Trinajstić information content (AvgIpc) is 3.13. The first-order valence-electron chi connectivity index (χ1n) is 7.70. The summed E-state index contributed by atoms with van der Waals surface area (Å²) >= 11 is 1.90. The molecule has 23 heavy (non-hydrogen) atoms. The van der Waals surface area contributed by atoms with Crippen LogP contribution in [0.15, 0.2) is 41.1 Å². The lowest BCUT2D eigenvalue weighted by atomic mass is 9.92. The normalized spacial score (nSPS) is 22.1. The van der Waals surface area contributed by atoms with Gasteiger partial charge in [0.15, 0.2) is 5.76 Å². The largest absolute Gasteiger partial charge is 0.473 e. The van der Waals surface area contributed by atoms with Crippen LogP contribution in [0.5, 0.6) is 5.88 Å². The Kier molecular flexibility index (Phi) is 3.56. The highest BCUT2D eigenvalue weighted by atomic mass is 32.2. The highest BCUT2D eigenvalue weighted by Crippen LogP contribution is 2.46. The Morgan fingerprint density at radius 2 is 2.30 bits per heavy atom. The van der Waals surface area contributed by atoms with Crippen molar-refractivity contribution < 1.29 is 13.9 Å². The quantitative estimate of drug-likeness (QED) is 0.866. The summed E-state index contributed by atoms with van der Waals surface area (Å²) in [5.41, 5.74) is 0.895. The van der Waals surface area contributed by atoms with Crippen LogP contribution in [0.1, 0.15) is 22.5 Å². The van der Waals surface area contributed by atoms with Gasteiger partial charge >= 0.3 is 0 Å². The number of nitrogens with zero attached hydrogens (tertiary/aromatic N) is 2. The summed E-state index contributed by atoms with van der Waals surface area (Å²) in [4.78, 5) is 18.5. The molecule has 120 valence electrons. The molecule has 4 heterocycles. The van der Waals surface area contributed by atoms with Crippen LogP contribution in [0.4, 0.5) is 0 Å². The minimum atomic E-state index is -0.00665. The van der Waals surface area contributed by atoms with Crippen molar-refractivity contribution in [2.75, 3.05) is 18.8 Å². The minimum Gasteiger partial charge on any atom is -0.473 e. The van der Waals surface area contributed by atoms with Crippen molar-refractivity contribution in [1.82, 2.24) is 9.88 Å². The fourth-order valence-electron chi connectivity index (χ4n) is 3.21. The van der Waals surface area contributed by atoms with E-state index in [2.05, 4.69) is 4.98 Å². The number of likely N-dealkylation sites (tertiary alicyclic amines) is 1. The fourth-order valence-corrected chi connectivity index (χ4v) is 4.74. The molecule has 0 aliphatic carbocycles. The van der Waals surface area contributed by atoms with Crippen LogP contribution in [-0.2, 0) is 0 Å². The van der Waals surface area contributed by atoms with Crippen molar-refractivity contribution in [1.29, 1.82) is 0 Å². The predicted molar refractivity (Wildman–Crippen MR) is 87.8 cm³/mol. The highest BCUT2D eigenvalue weighted by molar-refractivity contribution is 8.01. The zero-order chi connectivity index (χ0) is 15.9. The zero-order valence-electron chi connectivity index (χ0n) is 12.9. The summed E-state index contributed by atoms with van der Waals surface area (Å²) in [6, 6.07) is 7.51. The maximum Gasteiger partial charge on any atom is 0.289 e. The van der Waals surface area contributed by atoms with Crippen LogP contribution in [-0.4, -0.2) is 45.5 Å². The van der Waals surface area contributed by atoms with Crippen molar-refractivity contribution in [3.63, 3.8) is 0 Å². The zero-order valence-corrected chi connectivity index (χ0v) is 13.7. The molecule has 5 nitrogen and oxygen atoms in total. The molecule has 1 atom stereocenters. The van der Waals surface area contributed by atoms with Crippen LogP contribution >= 0.6 is 11.8 Å². The number of ether oxygens (including phenoxy) is 1. The van der Waals surface area contributed by atoms with Gasteiger partial charge in [0.05, 0.1) is 11.0 Å². The molecule has 0 saturated carbocycles. The van der Waals surface area contributed by atoms with Crippen LogP contribution in [0.3, 0.4) is 0 Å². The van der Waals surface area contributed by atoms with E-state index in [1.54, 1.807) is 12.5 Å². The van der Waals surface area contributed by atoms with Gasteiger partial charge in [0.2, 0.25) is 5.88 Å². The van der Waals surface area contributed by atoms with E-state index >= 15 is 0 Å². The summed E-state index contributed by atoms with van der Waals surface area (Å²) in [5.74, 6) is 2.07. The number of pyridine rings is 1. The molecule has 2 aliphatic rings. The summed E-state index contributed by atoms with van der Waals surface area (Å²) < 4.78 is 11.4. The standard InChI is InChI=1S/C17H18N2O3S/c1-12-5-7-21-15(12)16(20)19-10-17(11-19)8-13(9-23-17)22-14-4-2-3-6-18-14/h2-7,13H,8-11H2,1H3/t13-/m1/s1. The van der Waals surface area contributed by atoms with Crippen molar-refractivity contribution in [2.45, 2.75) is 24.2 Å². The Bertz CT molecular complexity index is 710. The maximum atomic E-state index is 12.4. The van der Waals surface area contributed by atoms with E-state index in [4.69, 9.17) is 9.15 Å². The molecule has 6 heteroatoms. The molecule has 1 spiro atoms. The minimum absolute atomic E-state index is 0.00665. The summed E-state index contributed by atoms with van der Waals surface area (Å²) in [5, 5.41) is 0. The first-order valence-corrected chi connectivity index (χ1v) is 8.69. The van der Waals surface area contributed by atoms with Gasteiger partial charge < -0.3 is 14.1 Å². The fraction of sp³-hybridized carbons (Fsp3) is 0.412. The lowest BCUT2D eigenvalue weighted by Gasteiger charge is -2.47. The molecule has 0 aromatic carbocycles. The first kappa shape index (κ1) is 14.6. The molecule has 2 aromatic rings. The lowest BCUT2D eigenvalue weighted by Crippen LogP contribution is -2.60. The number of carbonyl (C=O) groups is 1. The molecule has 0 N–H and O–H groups in total. The van der Waals surface area contributed by atoms with Gasteiger partial charge in [-0.05, 0) is 19.1 Å². The Morgan fingerprint density at radius 1 is 1.43 bits per heavy atom. The number of rotatable bonds is 3. The van der Waals surface area contributed by atoms with Crippen LogP contribution < -0.4 is 4.74 Å². The molecule has 4 rings (SSSR count). The number of thioether (sulfide) groups is 1. The highest BCUT2D eigenvalue weighted by Gasteiger charge is 2.51. The molecule has 1 amide bonds. The number of amides is 1. The van der Waals surface area contributed by atoms with Gasteiger partial charge in [0, 0.05) is 43.1 Å². The van der Waals surface area contributed by atoms with Gasteiger partial charge in [0.1, 0.15) is 6.10 Å². The number of hydrogen-bond donors (Lipinski definition) is 0. The topological polar surface area (TPSA) is 55.6 Å². The molecule has 2 fully saturated rings. The molecule has 2 aliphatic heterocycles. The maximum absolute atomic E-state index is 12.4. The third-order valence-electron chi connectivity index (χ3n) is 4.40. The first-order chi connectivity index (χ1) is 11.2. The van der Waals surface area contributed by atoms with Gasteiger partial charge in [0.25, 0.3) is 5.91 Å². The third kappa shape index (κ3) is 2.72. The molecule has 2 aromatic heterocycles. The molecular weight excluding hydrogens is 312 g/mol. The number of aromatic nitrogens is 1. The van der Waals surface area contributed by atoms with Crippen LogP contribution in [0.2, 0.25) is 0 Å². The second-order valence-electron chi connectivity index (χ2n) is 6.20. The van der Waals surface area contributed by atoms with Crippen molar-refractivity contribution in [3.8, 4) is 5.88 Å². The number of aryl methyl sites for hydroxylation is 1. The molecular formula is C17H18N2O3S. The van der Waals surface area contributed by atoms with E-state index in [1.807, 2.05) is 47.9 Å². The molecule has 0 bridgehead atoms. The van der Waals surface area contributed by atoms with Crippen molar-refractivity contribution >= 4 is 17.7 Å². The Hall–Kier alpha value is -1.95. The van der Waals surface area contributed by atoms with Crippen LogP contribution in [0.25, 0.3) is 0 Å². The summed E-state index contributed by atoms with van der Waals surface area (Å²) in [7, 11) is 0. The van der Waals surface area contributed by atoms with Gasteiger partial charge in [-0.3, -0.25) is 4.79 Å². The number of hydrogen-bond acceptors (Lipinski definition) is 5. The molecule has 0 unspecified atom stereocenters. The van der Waals surface area contributed by atoms with Gasteiger partial charge in [-0.15, -0.1) is 11.8 Å². The van der Waals surface area contributed by atoms with Gasteiger partial charge in [-0.2, -0.15) is 0 Å². The third-order valence-corrected chi connectivity index (χ3v) is 5.98. The molecule has 2 saturated heterocycles. The molecule has 0 radical (unpaired) electrons. The number of carbonyl (C=O) groups excluding carboxylic acids is 1. The van der Waals surface area contributed by atoms with E-state index in [9.17, 15) is 4.79 Å². The SMILES string of the molecule is Cc1ccoc1C(=O)N1CC2(C[C@@H](Oc3ccccn3)CS2)C1. The lowest BCUT2D eigenvalue weighted by molar-refractivity contribution is 0.0484. The van der Waals surface area contributed by atoms with Crippen LogP contribution in [0, 0.1) is 6.92 Å². The summed E-state index contributed by atoms with van der Waals surface area (Å²) in [6.07, 6.45) is 4.43. The van der Waals surface area contributed by atoms with Crippen molar-refractivity contribution in [2.24, 2.45) is 0 Å². The second kappa shape index (κ2) is 5.60. The average molecular weight is 330 g/mol. The summed E-state index contributed by atoms with van der Waals surface area (Å²) in [6.45, 7) is 3.42. The van der Waals surface area contributed by atoms with Crippen molar-refractivity contribution in [3.05, 3.63) is 48.0 Å².